The first-order valence-corrected chi connectivity index (χ1v) is 7.16. The molecule has 2 rings (SSSR count). The number of carbonyl (C=O) groups excluding carboxylic acids is 1. The maximum Gasteiger partial charge on any atom is 0.239 e. The molecule has 21 heavy (non-hydrogen) atoms. The van der Waals surface area contributed by atoms with Gasteiger partial charge in [0.1, 0.15) is 5.82 Å². The number of benzene rings is 1. The summed E-state index contributed by atoms with van der Waals surface area (Å²) in [4.78, 5) is 18.2. The van der Waals surface area contributed by atoms with Gasteiger partial charge in [0.25, 0.3) is 0 Å². The Balaban J connectivity index is 2.39. The summed E-state index contributed by atoms with van der Waals surface area (Å²) < 4.78 is 0. The molecule has 0 saturated carbocycles. The number of fused-ring (bicyclic) bond motifs is 1. The zero-order valence-corrected chi connectivity index (χ0v) is 12.8. The number of rotatable bonds is 6. The summed E-state index contributed by atoms with van der Waals surface area (Å²) in [6, 6.07) is 10.2. The van der Waals surface area contributed by atoms with Crippen molar-refractivity contribution in [3.63, 3.8) is 0 Å². The van der Waals surface area contributed by atoms with Crippen molar-refractivity contribution in [3.05, 3.63) is 35.9 Å². The van der Waals surface area contributed by atoms with E-state index in [2.05, 4.69) is 29.7 Å². The molecule has 0 fully saturated rings. The molecule has 0 atom stereocenters. The molecule has 0 unspecified atom stereocenters. The predicted octanol–water partition coefficient (Wildman–Crippen LogP) is 1.53. The zero-order chi connectivity index (χ0) is 15.2. The fraction of sp³-hybridized carbons (Fsp3) is 0.375. The third-order valence-corrected chi connectivity index (χ3v) is 3.37. The van der Waals surface area contributed by atoms with Crippen LogP contribution in [0.15, 0.2) is 30.3 Å². The highest BCUT2D eigenvalue weighted by Gasteiger charge is 2.13. The molecular formula is C16H22N4O. The molecule has 0 bridgehead atoms. The third kappa shape index (κ3) is 3.70. The van der Waals surface area contributed by atoms with Crippen molar-refractivity contribution < 1.29 is 4.79 Å². The number of carbonyl (C=O) groups is 1. The molecular weight excluding hydrogens is 264 g/mol. The van der Waals surface area contributed by atoms with Gasteiger partial charge in [-0.2, -0.15) is 0 Å². The van der Waals surface area contributed by atoms with Crippen molar-refractivity contribution in [2.45, 2.75) is 13.5 Å². The zero-order valence-electron chi connectivity index (χ0n) is 12.8. The molecule has 5 heteroatoms. The fourth-order valence-electron chi connectivity index (χ4n) is 2.24. The van der Waals surface area contributed by atoms with E-state index in [0.29, 0.717) is 6.54 Å². The minimum absolute atomic E-state index is 0.0261. The van der Waals surface area contributed by atoms with Crippen LogP contribution < -0.4 is 15.5 Å². The van der Waals surface area contributed by atoms with E-state index in [1.165, 1.54) is 0 Å². The Morgan fingerprint density at radius 1 is 1.33 bits per heavy atom. The quantitative estimate of drug-likeness (QED) is 0.845. The van der Waals surface area contributed by atoms with E-state index in [1.807, 2.05) is 30.1 Å². The summed E-state index contributed by atoms with van der Waals surface area (Å²) >= 11 is 0. The summed E-state index contributed by atoms with van der Waals surface area (Å²) in [6.07, 6.45) is 0. The summed E-state index contributed by atoms with van der Waals surface area (Å²) in [5.41, 5.74) is 2.04. The second kappa shape index (κ2) is 7.04. The fourth-order valence-corrected chi connectivity index (χ4v) is 2.24. The van der Waals surface area contributed by atoms with Gasteiger partial charge in [0, 0.05) is 31.6 Å². The average molecular weight is 286 g/mol. The predicted molar refractivity (Wildman–Crippen MR) is 86.5 cm³/mol. The van der Waals surface area contributed by atoms with Crippen molar-refractivity contribution in [2.75, 3.05) is 32.1 Å². The van der Waals surface area contributed by atoms with Crippen molar-refractivity contribution >= 4 is 22.6 Å². The van der Waals surface area contributed by atoms with Crippen LogP contribution in [0, 0.1) is 0 Å². The standard InChI is InChI=1S/C16H22N4O/c1-4-18-10-13-9-12-7-5-6-8-14(12)19-16(13)20(3)11-15(21)17-2/h5-9,18H,4,10-11H2,1-3H3,(H,17,21). The molecule has 2 N–H and O–H groups in total. The van der Waals surface area contributed by atoms with Gasteiger partial charge in [0.15, 0.2) is 0 Å². The second-order valence-electron chi connectivity index (χ2n) is 4.97. The van der Waals surface area contributed by atoms with Crippen LogP contribution in [-0.2, 0) is 11.3 Å². The third-order valence-electron chi connectivity index (χ3n) is 3.37. The first-order chi connectivity index (χ1) is 10.2. The molecule has 0 saturated heterocycles. The number of pyridine rings is 1. The Kier molecular flexibility index (Phi) is 5.11. The molecule has 0 radical (unpaired) electrons. The highest BCUT2D eigenvalue weighted by Crippen LogP contribution is 2.22. The lowest BCUT2D eigenvalue weighted by molar-refractivity contribution is -0.119. The van der Waals surface area contributed by atoms with Gasteiger partial charge in [-0.05, 0) is 18.7 Å². The number of hydrogen-bond donors (Lipinski definition) is 2. The van der Waals surface area contributed by atoms with E-state index >= 15 is 0 Å². The minimum Gasteiger partial charge on any atom is -0.358 e. The van der Waals surface area contributed by atoms with E-state index in [1.54, 1.807) is 7.05 Å². The Morgan fingerprint density at radius 2 is 2.10 bits per heavy atom. The largest absolute Gasteiger partial charge is 0.358 e. The van der Waals surface area contributed by atoms with Crippen LogP contribution in [0.1, 0.15) is 12.5 Å². The lowest BCUT2D eigenvalue weighted by atomic mass is 10.1. The van der Waals surface area contributed by atoms with E-state index in [4.69, 9.17) is 4.98 Å². The number of nitrogens with zero attached hydrogens (tertiary/aromatic N) is 2. The lowest BCUT2D eigenvalue weighted by Gasteiger charge is -2.21. The number of amides is 1. The first-order valence-electron chi connectivity index (χ1n) is 7.16. The number of nitrogens with one attached hydrogen (secondary N) is 2. The van der Waals surface area contributed by atoms with Crippen LogP contribution in [0.4, 0.5) is 5.82 Å². The lowest BCUT2D eigenvalue weighted by Crippen LogP contribution is -2.34. The molecule has 1 heterocycles. The molecule has 1 amide bonds. The molecule has 1 aromatic carbocycles. The molecule has 0 spiro atoms. The number of hydrogen-bond acceptors (Lipinski definition) is 4. The molecule has 0 aliphatic rings. The van der Waals surface area contributed by atoms with Crippen molar-refractivity contribution in [2.24, 2.45) is 0 Å². The van der Waals surface area contributed by atoms with Gasteiger partial charge < -0.3 is 15.5 Å². The highest BCUT2D eigenvalue weighted by atomic mass is 16.1. The number of para-hydroxylation sites is 1. The normalized spacial score (nSPS) is 10.6. The molecule has 2 aromatic rings. The van der Waals surface area contributed by atoms with Crippen LogP contribution in [-0.4, -0.2) is 38.1 Å². The van der Waals surface area contributed by atoms with Crippen LogP contribution in [0.25, 0.3) is 10.9 Å². The van der Waals surface area contributed by atoms with Crippen LogP contribution in [0.2, 0.25) is 0 Å². The Labute approximate surface area is 125 Å². The molecule has 1 aromatic heterocycles. The van der Waals surface area contributed by atoms with Gasteiger partial charge in [0.2, 0.25) is 5.91 Å². The molecule has 0 aliphatic heterocycles. The maximum absolute atomic E-state index is 11.6. The molecule has 0 aliphatic carbocycles. The summed E-state index contributed by atoms with van der Waals surface area (Å²) in [5, 5.41) is 7.08. The van der Waals surface area contributed by atoms with Gasteiger partial charge >= 0.3 is 0 Å². The van der Waals surface area contributed by atoms with Crippen molar-refractivity contribution in [3.8, 4) is 0 Å². The van der Waals surface area contributed by atoms with E-state index in [9.17, 15) is 4.79 Å². The van der Waals surface area contributed by atoms with E-state index in [-0.39, 0.29) is 5.91 Å². The Hall–Kier alpha value is -2.14. The van der Waals surface area contributed by atoms with Crippen LogP contribution >= 0.6 is 0 Å². The first kappa shape index (κ1) is 15.3. The second-order valence-corrected chi connectivity index (χ2v) is 4.97. The summed E-state index contributed by atoms with van der Waals surface area (Å²) in [6.45, 7) is 4.00. The Morgan fingerprint density at radius 3 is 2.81 bits per heavy atom. The van der Waals surface area contributed by atoms with Gasteiger partial charge in [-0.1, -0.05) is 25.1 Å². The Bertz CT molecular complexity index is 627. The molecule has 5 nitrogen and oxygen atoms in total. The van der Waals surface area contributed by atoms with Gasteiger partial charge in [-0.3, -0.25) is 4.79 Å². The monoisotopic (exact) mass is 286 g/mol. The maximum atomic E-state index is 11.6. The smallest absolute Gasteiger partial charge is 0.239 e. The summed E-state index contributed by atoms with van der Waals surface area (Å²) in [5.74, 6) is 0.820. The number of likely N-dealkylation sites (N-methyl/N-ethyl adjacent to an activating group) is 2. The number of anilines is 1. The number of aromatic nitrogens is 1. The van der Waals surface area contributed by atoms with E-state index < -0.39 is 0 Å². The molecule has 112 valence electrons. The average Bonchev–Trinajstić information content (AvgIpc) is 2.51. The van der Waals surface area contributed by atoms with E-state index in [0.717, 1.165) is 35.4 Å². The van der Waals surface area contributed by atoms with Gasteiger partial charge in [-0.25, -0.2) is 4.98 Å². The SMILES string of the molecule is CCNCc1cc2ccccc2nc1N(C)CC(=O)NC. The van der Waals surface area contributed by atoms with Gasteiger partial charge in [0.05, 0.1) is 12.1 Å². The van der Waals surface area contributed by atoms with Gasteiger partial charge in [-0.15, -0.1) is 0 Å². The van der Waals surface area contributed by atoms with Crippen LogP contribution in [0.3, 0.4) is 0 Å². The van der Waals surface area contributed by atoms with Crippen molar-refractivity contribution in [1.29, 1.82) is 0 Å². The summed E-state index contributed by atoms with van der Waals surface area (Å²) in [7, 11) is 3.53. The topological polar surface area (TPSA) is 57.3 Å². The van der Waals surface area contributed by atoms with Crippen molar-refractivity contribution in [1.82, 2.24) is 15.6 Å². The highest BCUT2D eigenvalue weighted by molar-refractivity contribution is 5.84. The van der Waals surface area contributed by atoms with Crippen LogP contribution in [0.5, 0.6) is 0 Å². The minimum atomic E-state index is -0.0261.